The van der Waals surface area contributed by atoms with Crippen LogP contribution in [0.1, 0.15) is 42.7 Å². The van der Waals surface area contributed by atoms with E-state index in [0.717, 1.165) is 11.0 Å². The molecule has 1 N–H and O–H groups in total. The third-order valence-electron chi connectivity index (χ3n) is 4.45. The molecule has 2 aromatic carbocycles. The zero-order valence-electron chi connectivity index (χ0n) is 12.3. The Bertz CT molecular complexity index is 567. The summed E-state index contributed by atoms with van der Waals surface area (Å²) >= 11 is 3.55. The fourth-order valence-corrected chi connectivity index (χ4v) is 3.82. The van der Waals surface area contributed by atoms with E-state index in [0.29, 0.717) is 12.0 Å². The molecule has 110 valence electrons. The van der Waals surface area contributed by atoms with E-state index < -0.39 is 0 Å². The van der Waals surface area contributed by atoms with E-state index in [-0.39, 0.29) is 0 Å². The minimum atomic E-state index is 0.597. The molecule has 1 aliphatic rings. The van der Waals surface area contributed by atoms with Crippen LogP contribution in [-0.4, -0.2) is 6.04 Å². The molecule has 0 aromatic heterocycles. The molecule has 0 radical (unpaired) electrons. The van der Waals surface area contributed by atoms with E-state index in [1.807, 2.05) is 0 Å². The Balaban J connectivity index is 1.67. The summed E-state index contributed by atoms with van der Waals surface area (Å²) in [5.74, 6) is 0.659. The van der Waals surface area contributed by atoms with Crippen LogP contribution < -0.4 is 5.32 Å². The predicted molar refractivity (Wildman–Crippen MR) is 92.4 cm³/mol. The lowest BCUT2D eigenvalue weighted by molar-refractivity contribution is 0.326. The van der Waals surface area contributed by atoms with Gasteiger partial charge in [-0.3, -0.25) is 0 Å². The van der Waals surface area contributed by atoms with Crippen LogP contribution in [0.5, 0.6) is 0 Å². The maximum Gasteiger partial charge on any atom is 0.0208 e. The molecule has 2 unspecified atom stereocenters. The van der Waals surface area contributed by atoms with E-state index in [1.165, 1.54) is 36.8 Å². The average Bonchev–Trinajstić information content (AvgIpc) is 2.54. The van der Waals surface area contributed by atoms with Crippen molar-refractivity contribution in [2.45, 2.75) is 44.2 Å². The Kier molecular flexibility index (Phi) is 5.10. The number of rotatable bonds is 4. The minimum Gasteiger partial charge on any atom is -0.309 e. The molecule has 1 saturated carbocycles. The van der Waals surface area contributed by atoms with Crippen molar-refractivity contribution < 1.29 is 0 Å². The molecule has 21 heavy (non-hydrogen) atoms. The van der Waals surface area contributed by atoms with Crippen molar-refractivity contribution in [3.63, 3.8) is 0 Å². The standard InChI is InChI=1S/C19H22BrN/c20-17-10-6-7-15(13-17)14-21-19-12-5-4-11-18(19)16-8-2-1-3-9-16/h1-3,6-10,13,18-19,21H,4-5,11-12,14H2. The van der Waals surface area contributed by atoms with Gasteiger partial charge < -0.3 is 5.32 Å². The molecule has 0 bridgehead atoms. The summed E-state index contributed by atoms with van der Waals surface area (Å²) in [5.41, 5.74) is 2.84. The lowest BCUT2D eigenvalue weighted by atomic mass is 9.80. The van der Waals surface area contributed by atoms with Gasteiger partial charge in [0.25, 0.3) is 0 Å². The zero-order chi connectivity index (χ0) is 14.5. The van der Waals surface area contributed by atoms with Gasteiger partial charge >= 0.3 is 0 Å². The van der Waals surface area contributed by atoms with Crippen LogP contribution in [0.25, 0.3) is 0 Å². The Morgan fingerprint density at radius 3 is 2.57 bits per heavy atom. The quantitative estimate of drug-likeness (QED) is 0.797. The lowest BCUT2D eigenvalue weighted by Gasteiger charge is -2.33. The molecule has 0 spiro atoms. The van der Waals surface area contributed by atoms with Gasteiger partial charge in [-0.15, -0.1) is 0 Å². The van der Waals surface area contributed by atoms with Gasteiger partial charge in [0, 0.05) is 17.1 Å². The van der Waals surface area contributed by atoms with Gasteiger partial charge in [-0.2, -0.15) is 0 Å². The number of hydrogen-bond acceptors (Lipinski definition) is 1. The smallest absolute Gasteiger partial charge is 0.0208 e. The molecule has 3 rings (SSSR count). The van der Waals surface area contributed by atoms with Crippen molar-refractivity contribution in [1.29, 1.82) is 0 Å². The summed E-state index contributed by atoms with van der Waals surface area (Å²) in [4.78, 5) is 0. The highest BCUT2D eigenvalue weighted by Gasteiger charge is 2.25. The van der Waals surface area contributed by atoms with Crippen LogP contribution in [0.2, 0.25) is 0 Å². The molecular weight excluding hydrogens is 322 g/mol. The SMILES string of the molecule is Brc1cccc(CNC2CCCCC2c2ccccc2)c1. The molecule has 2 aromatic rings. The average molecular weight is 344 g/mol. The van der Waals surface area contributed by atoms with E-state index >= 15 is 0 Å². The maximum absolute atomic E-state index is 3.79. The number of nitrogens with one attached hydrogen (secondary N) is 1. The van der Waals surface area contributed by atoms with Crippen molar-refractivity contribution in [2.75, 3.05) is 0 Å². The molecule has 0 amide bonds. The van der Waals surface area contributed by atoms with Crippen LogP contribution in [-0.2, 0) is 6.54 Å². The van der Waals surface area contributed by atoms with Crippen molar-refractivity contribution >= 4 is 15.9 Å². The van der Waals surface area contributed by atoms with Gasteiger partial charge in [-0.25, -0.2) is 0 Å². The highest BCUT2D eigenvalue weighted by molar-refractivity contribution is 9.10. The highest BCUT2D eigenvalue weighted by Crippen LogP contribution is 2.33. The van der Waals surface area contributed by atoms with Gasteiger partial charge in [0.05, 0.1) is 0 Å². The normalized spacial score (nSPS) is 22.1. The van der Waals surface area contributed by atoms with Crippen molar-refractivity contribution in [3.8, 4) is 0 Å². The molecule has 2 atom stereocenters. The van der Waals surface area contributed by atoms with Crippen molar-refractivity contribution in [3.05, 3.63) is 70.2 Å². The third kappa shape index (κ3) is 3.96. The molecule has 1 fully saturated rings. The largest absolute Gasteiger partial charge is 0.309 e. The Morgan fingerprint density at radius 2 is 1.76 bits per heavy atom. The first-order chi connectivity index (χ1) is 10.3. The minimum absolute atomic E-state index is 0.597. The van der Waals surface area contributed by atoms with Crippen LogP contribution >= 0.6 is 15.9 Å². The van der Waals surface area contributed by atoms with Crippen LogP contribution in [0.3, 0.4) is 0 Å². The molecule has 1 nitrogen and oxygen atoms in total. The first kappa shape index (κ1) is 14.8. The second-order valence-corrected chi connectivity index (χ2v) is 6.83. The summed E-state index contributed by atoms with van der Waals surface area (Å²) in [6, 6.07) is 20.2. The molecule has 0 aliphatic heterocycles. The van der Waals surface area contributed by atoms with Crippen LogP contribution in [0, 0.1) is 0 Å². The van der Waals surface area contributed by atoms with Crippen LogP contribution in [0.4, 0.5) is 0 Å². The van der Waals surface area contributed by atoms with Gasteiger partial charge in [0.15, 0.2) is 0 Å². The van der Waals surface area contributed by atoms with Gasteiger partial charge in [0.1, 0.15) is 0 Å². The second-order valence-electron chi connectivity index (χ2n) is 5.92. The maximum atomic E-state index is 3.79. The molecule has 2 heteroatoms. The van der Waals surface area contributed by atoms with E-state index in [2.05, 4.69) is 75.8 Å². The topological polar surface area (TPSA) is 12.0 Å². The van der Waals surface area contributed by atoms with Gasteiger partial charge in [-0.1, -0.05) is 71.2 Å². The van der Waals surface area contributed by atoms with Gasteiger partial charge in [0.2, 0.25) is 0 Å². The second kappa shape index (κ2) is 7.24. The first-order valence-electron chi connectivity index (χ1n) is 7.86. The van der Waals surface area contributed by atoms with Crippen LogP contribution in [0.15, 0.2) is 59.1 Å². The summed E-state index contributed by atoms with van der Waals surface area (Å²) in [7, 11) is 0. The Hall–Kier alpha value is -1.12. The molecule has 0 heterocycles. The summed E-state index contributed by atoms with van der Waals surface area (Å²) in [5, 5.41) is 3.79. The lowest BCUT2D eigenvalue weighted by Crippen LogP contribution is -2.36. The monoisotopic (exact) mass is 343 g/mol. The van der Waals surface area contributed by atoms with Crippen molar-refractivity contribution in [1.82, 2.24) is 5.32 Å². The van der Waals surface area contributed by atoms with E-state index in [4.69, 9.17) is 0 Å². The molecule has 0 saturated heterocycles. The Morgan fingerprint density at radius 1 is 0.952 bits per heavy atom. The summed E-state index contributed by atoms with van der Waals surface area (Å²) in [6.45, 7) is 0.952. The third-order valence-corrected chi connectivity index (χ3v) is 4.94. The number of benzene rings is 2. The fraction of sp³-hybridized carbons (Fsp3) is 0.368. The van der Waals surface area contributed by atoms with E-state index in [9.17, 15) is 0 Å². The van der Waals surface area contributed by atoms with E-state index in [1.54, 1.807) is 0 Å². The number of halogens is 1. The Labute approximate surface area is 135 Å². The summed E-state index contributed by atoms with van der Waals surface area (Å²) < 4.78 is 1.16. The molecule has 1 aliphatic carbocycles. The fourth-order valence-electron chi connectivity index (χ4n) is 3.37. The highest BCUT2D eigenvalue weighted by atomic mass is 79.9. The van der Waals surface area contributed by atoms with Crippen molar-refractivity contribution in [2.24, 2.45) is 0 Å². The molecular formula is C19H22BrN. The zero-order valence-corrected chi connectivity index (χ0v) is 13.9. The number of hydrogen-bond donors (Lipinski definition) is 1. The first-order valence-corrected chi connectivity index (χ1v) is 8.65. The van der Waals surface area contributed by atoms with Gasteiger partial charge in [-0.05, 0) is 42.0 Å². The predicted octanol–water partition coefficient (Wildman–Crippen LogP) is 5.27. The summed E-state index contributed by atoms with van der Waals surface area (Å²) in [6.07, 6.45) is 5.29.